The molecule has 0 unspecified atom stereocenters. The maximum atomic E-state index is 5.93. The molecule has 3 nitrogen and oxygen atoms in total. The number of hydrogen-bond acceptors (Lipinski definition) is 3. The summed E-state index contributed by atoms with van der Waals surface area (Å²) in [6.07, 6.45) is 1.96. The Labute approximate surface area is 148 Å². The summed E-state index contributed by atoms with van der Waals surface area (Å²) >= 11 is 11.1. The van der Waals surface area contributed by atoms with Crippen LogP contribution in [-0.2, 0) is 6.54 Å². The molecule has 116 valence electrons. The largest absolute Gasteiger partial charge is 0.328 e. The summed E-state index contributed by atoms with van der Waals surface area (Å²) in [5, 5.41) is 7.56. The van der Waals surface area contributed by atoms with E-state index in [1.807, 2.05) is 18.3 Å². The molecule has 0 radical (unpaired) electrons. The van der Waals surface area contributed by atoms with Crippen LogP contribution in [0.1, 0.15) is 10.4 Å². The zero-order chi connectivity index (χ0) is 15.4. The van der Waals surface area contributed by atoms with E-state index in [1.165, 1.54) is 10.4 Å². The predicted molar refractivity (Wildman–Crippen MR) is 97.0 cm³/mol. The first-order valence-electron chi connectivity index (χ1n) is 7.31. The van der Waals surface area contributed by atoms with E-state index >= 15 is 0 Å². The molecule has 1 N–H and O–H groups in total. The van der Waals surface area contributed by atoms with Crippen molar-refractivity contribution >= 4 is 45.1 Å². The van der Waals surface area contributed by atoms with Crippen LogP contribution < -0.4 is 4.90 Å². The quantitative estimate of drug-likeness (QED) is 0.784. The third-order valence-corrected chi connectivity index (χ3v) is 5.57. The average Bonchev–Trinajstić information content (AvgIpc) is 2.94. The maximum Gasteiger partial charge on any atom is 0.103 e. The fraction of sp³-hybridized carbons (Fsp3) is 0.312. The van der Waals surface area contributed by atoms with E-state index in [4.69, 9.17) is 11.6 Å². The van der Waals surface area contributed by atoms with Crippen LogP contribution in [0.4, 0.5) is 0 Å². The number of piperazine rings is 1. The lowest BCUT2D eigenvalue weighted by molar-refractivity contribution is -0.918. The molecule has 0 saturated carbocycles. The maximum absolute atomic E-state index is 5.93. The molecule has 0 amide bonds. The molecule has 1 saturated heterocycles. The number of thiophene rings is 1. The van der Waals surface area contributed by atoms with Crippen LogP contribution in [0.5, 0.6) is 0 Å². The van der Waals surface area contributed by atoms with Gasteiger partial charge in [0.15, 0.2) is 0 Å². The summed E-state index contributed by atoms with van der Waals surface area (Å²) < 4.78 is 1.14. The highest BCUT2D eigenvalue weighted by molar-refractivity contribution is 9.11. The summed E-state index contributed by atoms with van der Waals surface area (Å²) in [5.74, 6) is 0. The lowest BCUT2D eigenvalue weighted by Crippen LogP contribution is -3.13. The molecule has 1 aliphatic rings. The molecule has 1 aliphatic heterocycles. The monoisotopic (exact) mass is 398 g/mol. The van der Waals surface area contributed by atoms with Crippen molar-refractivity contribution in [2.75, 3.05) is 26.2 Å². The van der Waals surface area contributed by atoms with Gasteiger partial charge < -0.3 is 4.90 Å². The number of rotatable bonds is 4. The fourth-order valence-corrected chi connectivity index (χ4v) is 3.95. The van der Waals surface area contributed by atoms with Gasteiger partial charge in [0.2, 0.25) is 0 Å². The third-order valence-electron chi connectivity index (χ3n) is 3.76. The first kappa shape index (κ1) is 16.0. The minimum absolute atomic E-state index is 0.804. The van der Waals surface area contributed by atoms with Gasteiger partial charge in [0.1, 0.15) is 6.54 Å². The lowest BCUT2D eigenvalue weighted by atomic mass is 10.2. The highest BCUT2D eigenvalue weighted by Gasteiger charge is 2.18. The topological polar surface area (TPSA) is 20.0 Å². The van der Waals surface area contributed by atoms with Gasteiger partial charge in [0.25, 0.3) is 0 Å². The molecule has 3 rings (SSSR count). The Morgan fingerprint density at radius 3 is 2.55 bits per heavy atom. The number of halogens is 2. The molecule has 0 bridgehead atoms. The van der Waals surface area contributed by atoms with Crippen molar-refractivity contribution in [2.24, 2.45) is 5.10 Å². The number of hydrazone groups is 1. The van der Waals surface area contributed by atoms with Crippen molar-refractivity contribution in [2.45, 2.75) is 6.54 Å². The first-order chi connectivity index (χ1) is 10.7. The summed E-state index contributed by atoms with van der Waals surface area (Å²) in [6, 6.07) is 12.3. The van der Waals surface area contributed by atoms with Gasteiger partial charge in [0, 0.05) is 15.5 Å². The van der Waals surface area contributed by atoms with Gasteiger partial charge in [-0.25, -0.2) is 0 Å². The van der Waals surface area contributed by atoms with E-state index in [9.17, 15) is 0 Å². The van der Waals surface area contributed by atoms with E-state index in [1.54, 1.807) is 16.2 Å². The molecule has 1 aromatic carbocycles. The van der Waals surface area contributed by atoms with Crippen LogP contribution in [0.15, 0.2) is 45.3 Å². The van der Waals surface area contributed by atoms with Gasteiger partial charge in [-0.05, 0) is 40.2 Å². The number of benzene rings is 1. The van der Waals surface area contributed by atoms with Crippen LogP contribution in [0.3, 0.4) is 0 Å². The summed E-state index contributed by atoms with van der Waals surface area (Å²) in [6.45, 7) is 5.31. The smallest absolute Gasteiger partial charge is 0.103 e. The molecule has 0 aliphatic carbocycles. The second kappa shape index (κ2) is 7.59. The van der Waals surface area contributed by atoms with Crippen molar-refractivity contribution in [3.8, 4) is 0 Å². The van der Waals surface area contributed by atoms with E-state index in [2.05, 4.69) is 50.3 Å². The average molecular weight is 400 g/mol. The number of quaternary nitrogens is 1. The van der Waals surface area contributed by atoms with Crippen LogP contribution >= 0.6 is 38.9 Å². The molecule has 22 heavy (non-hydrogen) atoms. The highest BCUT2D eigenvalue weighted by atomic mass is 79.9. The Hall–Kier alpha value is -0.880. The van der Waals surface area contributed by atoms with Crippen molar-refractivity contribution in [3.63, 3.8) is 0 Å². The van der Waals surface area contributed by atoms with Crippen molar-refractivity contribution in [1.29, 1.82) is 0 Å². The van der Waals surface area contributed by atoms with Crippen molar-refractivity contribution in [1.82, 2.24) is 5.01 Å². The second-order valence-corrected chi connectivity index (χ2v) is 8.32. The molecule has 2 heterocycles. The molecule has 0 spiro atoms. The highest BCUT2D eigenvalue weighted by Crippen LogP contribution is 2.20. The summed E-state index contributed by atoms with van der Waals surface area (Å²) in [5.41, 5.74) is 1.35. The minimum atomic E-state index is 0.804. The Balaban J connectivity index is 1.48. The number of nitrogens with zero attached hydrogens (tertiary/aromatic N) is 2. The first-order valence-corrected chi connectivity index (χ1v) is 9.30. The van der Waals surface area contributed by atoms with Gasteiger partial charge in [-0.2, -0.15) is 5.10 Å². The summed E-state index contributed by atoms with van der Waals surface area (Å²) in [7, 11) is 0. The van der Waals surface area contributed by atoms with Gasteiger partial charge in [0.05, 0.1) is 36.2 Å². The second-order valence-electron chi connectivity index (χ2n) is 5.39. The van der Waals surface area contributed by atoms with Crippen molar-refractivity contribution < 1.29 is 4.90 Å². The minimum Gasteiger partial charge on any atom is -0.328 e. The Kier molecular flexibility index (Phi) is 5.52. The standard InChI is InChI=1S/C16H17BrClN3S/c17-16-6-5-15(22-16)11-19-21-9-7-20(8-10-21)12-13-1-3-14(18)4-2-13/h1-6,11H,7-10,12H2/p+1/b19-11-. The van der Waals surface area contributed by atoms with Crippen LogP contribution in [0.2, 0.25) is 5.02 Å². The van der Waals surface area contributed by atoms with Gasteiger partial charge in [-0.1, -0.05) is 23.7 Å². The number of nitrogens with one attached hydrogen (secondary N) is 1. The van der Waals surface area contributed by atoms with E-state index in [0.717, 1.165) is 41.5 Å². The van der Waals surface area contributed by atoms with Crippen molar-refractivity contribution in [3.05, 3.63) is 55.6 Å². The third kappa shape index (κ3) is 4.56. The van der Waals surface area contributed by atoms with Gasteiger partial charge >= 0.3 is 0 Å². The SMILES string of the molecule is Clc1ccc(C[NH+]2CCN(/N=C\c3ccc(Br)s3)CC2)cc1. The molecule has 1 fully saturated rings. The Morgan fingerprint density at radius 1 is 1.18 bits per heavy atom. The van der Waals surface area contributed by atoms with E-state index in [0.29, 0.717) is 0 Å². The van der Waals surface area contributed by atoms with E-state index in [-0.39, 0.29) is 0 Å². The van der Waals surface area contributed by atoms with E-state index < -0.39 is 0 Å². The van der Waals surface area contributed by atoms with Crippen LogP contribution in [0.25, 0.3) is 0 Å². The van der Waals surface area contributed by atoms with Crippen LogP contribution in [0, 0.1) is 0 Å². The predicted octanol–water partition coefficient (Wildman–Crippen LogP) is 2.90. The molecular formula is C16H18BrClN3S+. The lowest BCUT2D eigenvalue weighted by Gasteiger charge is -2.30. The van der Waals surface area contributed by atoms with Crippen LogP contribution in [-0.4, -0.2) is 37.4 Å². The molecule has 0 atom stereocenters. The zero-order valence-corrected chi connectivity index (χ0v) is 15.3. The molecule has 2 aromatic rings. The van der Waals surface area contributed by atoms with Gasteiger partial charge in [-0.15, -0.1) is 11.3 Å². The number of hydrogen-bond donors (Lipinski definition) is 1. The Bertz CT molecular complexity index is 633. The summed E-state index contributed by atoms with van der Waals surface area (Å²) in [4.78, 5) is 2.79. The molecule has 1 aromatic heterocycles. The fourth-order valence-electron chi connectivity index (χ4n) is 2.53. The molecular weight excluding hydrogens is 382 g/mol. The van der Waals surface area contributed by atoms with Gasteiger partial charge in [-0.3, -0.25) is 5.01 Å². The Morgan fingerprint density at radius 2 is 1.91 bits per heavy atom. The zero-order valence-electron chi connectivity index (χ0n) is 12.1. The normalized spacial score (nSPS) is 16.5. The molecule has 6 heteroatoms.